The molecule has 29 heavy (non-hydrogen) atoms. The van der Waals surface area contributed by atoms with Gasteiger partial charge >= 0.3 is 0 Å². The Bertz CT molecular complexity index is 1030. The van der Waals surface area contributed by atoms with Gasteiger partial charge in [-0.15, -0.1) is 11.3 Å². The number of para-hydroxylation sites is 1. The molecule has 7 heteroatoms. The molecular formula is C22H24N4O2S. The lowest BCUT2D eigenvalue weighted by Crippen LogP contribution is -2.31. The molecule has 0 saturated carbocycles. The molecule has 0 radical (unpaired) electrons. The van der Waals surface area contributed by atoms with Crippen LogP contribution in [-0.4, -0.2) is 34.4 Å². The molecule has 4 rings (SSSR count). The fourth-order valence-electron chi connectivity index (χ4n) is 3.79. The summed E-state index contributed by atoms with van der Waals surface area (Å²) in [6.45, 7) is 4.63. The van der Waals surface area contributed by atoms with Crippen molar-refractivity contribution in [1.29, 1.82) is 0 Å². The van der Waals surface area contributed by atoms with Gasteiger partial charge < -0.3 is 15.0 Å². The van der Waals surface area contributed by atoms with E-state index < -0.39 is 0 Å². The van der Waals surface area contributed by atoms with Gasteiger partial charge in [-0.2, -0.15) is 0 Å². The zero-order chi connectivity index (χ0) is 20.4. The quantitative estimate of drug-likeness (QED) is 0.651. The molecule has 0 unspecified atom stereocenters. The number of carbonyl (C=O) groups excluding carboxylic acids is 1. The molecule has 0 bridgehead atoms. The Kier molecular flexibility index (Phi) is 5.49. The van der Waals surface area contributed by atoms with Crippen LogP contribution in [0.1, 0.15) is 46.2 Å². The number of anilines is 2. The van der Waals surface area contributed by atoms with Gasteiger partial charge in [0.05, 0.1) is 30.1 Å². The van der Waals surface area contributed by atoms with Crippen molar-refractivity contribution in [2.24, 2.45) is 0 Å². The number of methoxy groups -OCH3 is 1. The number of thiazole rings is 1. The summed E-state index contributed by atoms with van der Waals surface area (Å²) in [6.07, 6.45) is 1.85. The summed E-state index contributed by atoms with van der Waals surface area (Å²) in [4.78, 5) is 24.5. The highest BCUT2D eigenvalue weighted by Crippen LogP contribution is 2.35. The van der Waals surface area contributed by atoms with Gasteiger partial charge in [0.15, 0.2) is 5.13 Å². The van der Waals surface area contributed by atoms with E-state index in [-0.39, 0.29) is 11.9 Å². The third-order valence-corrected chi connectivity index (χ3v) is 6.00. The number of likely N-dealkylation sites (tertiary alicyclic amines) is 1. The minimum atomic E-state index is -0.0486. The molecule has 1 fully saturated rings. The van der Waals surface area contributed by atoms with Gasteiger partial charge in [0.25, 0.3) is 5.91 Å². The molecule has 3 heterocycles. The van der Waals surface area contributed by atoms with Gasteiger partial charge in [-0.3, -0.25) is 4.79 Å². The second-order valence-corrected chi connectivity index (χ2v) is 8.04. The number of hydrogen-bond acceptors (Lipinski definition) is 6. The van der Waals surface area contributed by atoms with Crippen LogP contribution in [0.2, 0.25) is 0 Å². The fourth-order valence-corrected chi connectivity index (χ4v) is 4.49. The zero-order valence-electron chi connectivity index (χ0n) is 16.8. The summed E-state index contributed by atoms with van der Waals surface area (Å²) >= 11 is 1.55. The Balaban J connectivity index is 1.59. The van der Waals surface area contributed by atoms with Gasteiger partial charge in [-0.1, -0.05) is 18.2 Å². The minimum absolute atomic E-state index is 0.0104. The summed E-state index contributed by atoms with van der Waals surface area (Å²) in [7, 11) is 1.61. The molecule has 3 aromatic rings. The van der Waals surface area contributed by atoms with E-state index in [9.17, 15) is 4.79 Å². The van der Waals surface area contributed by atoms with E-state index in [1.54, 1.807) is 18.4 Å². The number of benzene rings is 1. The topological polar surface area (TPSA) is 67.3 Å². The van der Waals surface area contributed by atoms with E-state index >= 15 is 0 Å². The molecule has 1 aliphatic heterocycles. The molecule has 6 nitrogen and oxygen atoms in total. The lowest BCUT2D eigenvalue weighted by atomic mass is 10.1. The molecule has 2 aromatic heterocycles. The van der Waals surface area contributed by atoms with Crippen molar-refractivity contribution < 1.29 is 9.53 Å². The average molecular weight is 409 g/mol. The second-order valence-electron chi connectivity index (χ2n) is 7.18. The maximum atomic E-state index is 13.3. The number of pyridine rings is 1. The Morgan fingerprint density at radius 2 is 2.03 bits per heavy atom. The number of nitrogens with zero attached hydrogens (tertiary/aromatic N) is 3. The van der Waals surface area contributed by atoms with Crippen molar-refractivity contribution in [3.8, 4) is 5.75 Å². The van der Waals surface area contributed by atoms with Crippen LogP contribution in [0.5, 0.6) is 5.75 Å². The SMILES string of the molecule is COc1c(C)cccc1C(=O)N1CCC[C@H]1c1cccc(Nc2nc(C)cs2)n1. The minimum Gasteiger partial charge on any atom is -0.496 e. The standard InChI is InChI=1S/C22H24N4O2S/c1-14-7-4-8-16(20(14)28-3)21(27)26-12-6-10-18(26)17-9-5-11-19(24-17)25-22-23-15(2)13-29-22/h4-5,7-9,11,13,18H,6,10,12H2,1-3H3,(H,23,24,25)/t18-/m0/s1. The molecule has 1 saturated heterocycles. The zero-order valence-corrected chi connectivity index (χ0v) is 17.6. The van der Waals surface area contributed by atoms with E-state index in [0.717, 1.165) is 40.7 Å². The van der Waals surface area contributed by atoms with E-state index in [1.165, 1.54) is 0 Å². The molecular weight excluding hydrogens is 384 g/mol. The largest absolute Gasteiger partial charge is 0.496 e. The first kappa shape index (κ1) is 19.4. The van der Waals surface area contributed by atoms with E-state index in [0.29, 0.717) is 17.9 Å². The van der Waals surface area contributed by atoms with Crippen molar-refractivity contribution >= 4 is 28.2 Å². The van der Waals surface area contributed by atoms with Crippen LogP contribution >= 0.6 is 11.3 Å². The number of carbonyl (C=O) groups is 1. The Hall–Kier alpha value is -2.93. The van der Waals surface area contributed by atoms with Crippen LogP contribution in [0.25, 0.3) is 0 Å². The third-order valence-electron chi connectivity index (χ3n) is 5.13. The first-order chi connectivity index (χ1) is 14.1. The maximum absolute atomic E-state index is 13.3. The number of ether oxygens (including phenoxy) is 1. The summed E-state index contributed by atoms with van der Waals surface area (Å²) in [5, 5.41) is 6.08. The predicted octanol–water partition coefficient (Wildman–Crippen LogP) is 4.88. The molecule has 1 N–H and O–H groups in total. The van der Waals surface area contributed by atoms with E-state index in [2.05, 4.69) is 10.3 Å². The van der Waals surface area contributed by atoms with E-state index in [1.807, 2.05) is 60.5 Å². The van der Waals surface area contributed by atoms with Gasteiger partial charge in [-0.05, 0) is 50.5 Å². The molecule has 1 atom stereocenters. The average Bonchev–Trinajstić information content (AvgIpc) is 3.36. The Morgan fingerprint density at radius 1 is 1.21 bits per heavy atom. The summed E-state index contributed by atoms with van der Waals surface area (Å²) in [6, 6.07) is 11.5. The van der Waals surface area contributed by atoms with Crippen LogP contribution in [-0.2, 0) is 0 Å². The van der Waals surface area contributed by atoms with Crippen molar-refractivity contribution in [2.45, 2.75) is 32.7 Å². The third kappa shape index (κ3) is 3.96. The van der Waals surface area contributed by atoms with Crippen molar-refractivity contribution in [1.82, 2.24) is 14.9 Å². The monoisotopic (exact) mass is 408 g/mol. The molecule has 1 aliphatic rings. The first-order valence-corrected chi connectivity index (χ1v) is 10.6. The van der Waals surface area contributed by atoms with Gasteiger partial charge in [-0.25, -0.2) is 9.97 Å². The lowest BCUT2D eigenvalue weighted by molar-refractivity contribution is 0.0729. The van der Waals surface area contributed by atoms with Gasteiger partial charge in [0.1, 0.15) is 11.6 Å². The van der Waals surface area contributed by atoms with E-state index in [4.69, 9.17) is 9.72 Å². The molecule has 150 valence electrons. The van der Waals surface area contributed by atoms with Crippen molar-refractivity contribution in [3.63, 3.8) is 0 Å². The maximum Gasteiger partial charge on any atom is 0.258 e. The summed E-state index contributed by atoms with van der Waals surface area (Å²) in [5.74, 6) is 1.37. The highest BCUT2D eigenvalue weighted by Gasteiger charge is 2.33. The van der Waals surface area contributed by atoms with Crippen LogP contribution in [0.15, 0.2) is 41.8 Å². The second kappa shape index (κ2) is 8.21. The highest BCUT2D eigenvalue weighted by molar-refractivity contribution is 7.13. The number of aromatic nitrogens is 2. The first-order valence-electron chi connectivity index (χ1n) is 9.67. The Labute approximate surface area is 174 Å². The Morgan fingerprint density at radius 3 is 2.79 bits per heavy atom. The smallest absolute Gasteiger partial charge is 0.258 e. The number of rotatable bonds is 5. The molecule has 0 aliphatic carbocycles. The van der Waals surface area contributed by atoms with Gasteiger partial charge in [0.2, 0.25) is 0 Å². The van der Waals surface area contributed by atoms with Crippen LogP contribution < -0.4 is 10.1 Å². The lowest BCUT2D eigenvalue weighted by Gasteiger charge is -2.25. The molecule has 1 aromatic carbocycles. The molecule has 0 spiro atoms. The fraction of sp³-hybridized carbons (Fsp3) is 0.318. The number of amides is 1. The highest BCUT2D eigenvalue weighted by atomic mass is 32.1. The summed E-state index contributed by atoms with van der Waals surface area (Å²) in [5.41, 5.74) is 3.43. The van der Waals surface area contributed by atoms with Crippen molar-refractivity contribution in [2.75, 3.05) is 19.0 Å². The van der Waals surface area contributed by atoms with Crippen molar-refractivity contribution in [3.05, 3.63) is 64.3 Å². The van der Waals surface area contributed by atoms with Crippen LogP contribution in [0.4, 0.5) is 10.9 Å². The molecule has 1 amide bonds. The van der Waals surface area contributed by atoms with Crippen LogP contribution in [0.3, 0.4) is 0 Å². The predicted molar refractivity (Wildman–Crippen MR) is 115 cm³/mol. The number of hydrogen-bond donors (Lipinski definition) is 1. The number of aryl methyl sites for hydroxylation is 2. The number of nitrogens with one attached hydrogen (secondary N) is 1. The van der Waals surface area contributed by atoms with Crippen LogP contribution in [0, 0.1) is 13.8 Å². The normalized spacial score (nSPS) is 16.1. The van der Waals surface area contributed by atoms with Gasteiger partial charge in [0, 0.05) is 11.9 Å². The summed E-state index contributed by atoms with van der Waals surface area (Å²) < 4.78 is 5.51.